The van der Waals surface area contributed by atoms with E-state index in [2.05, 4.69) is 44.2 Å². The Bertz CT molecular complexity index is 482. The normalized spacial score (nSPS) is 34.4. The summed E-state index contributed by atoms with van der Waals surface area (Å²) in [4.78, 5) is 0. The topological polar surface area (TPSA) is 20.2 Å². The quantitative estimate of drug-likeness (QED) is 0.700. The van der Waals surface area contributed by atoms with Crippen LogP contribution in [-0.2, 0) is 0 Å². The summed E-state index contributed by atoms with van der Waals surface area (Å²) in [5, 5.41) is 11.8. The fraction of sp³-hybridized carbons (Fsp3) is 0.727. The van der Waals surface area contributed by atoms with Crippen LogP contribution in [0.5, 0.6) is 0 Å². The Labute approximate surface area is 149 Å². The summed E-state index contributed by atoms with van der Waals surface area (Å²) in [6, 6.07) is 14.1. The summed E-state index contributed by atoms with van der Waals surface area (Å²) in [7, 11) is -1.43. The molecule has 1 N–H and O–H groups in total. The number of aliphatic hydroxyl groups is 1. The summed E-state index contributed by atoms with van der Waals surface area (Å²) in [6.45, 7) is 4.71. The molecule has 2 aliphatic rings. The molecule has 1 aliphatic carbocycles. The van der Waals surface area contributed by atoms with Gasteiger partial charge in [0, 0.05) is 0 Å². The molecule has 1 aromatic carbocycles. The fourth-order valence-corrected chi connectivity index (χ4v) is 11.5. The van der Waals surface area contributed by atoms with Gasteiger partial charge in [-0.15, -0.1) is 0 Å². The number of rotatable bonds is 5. The molecule has 1 aliphatic heterocycles. The third-order valence-electron chi connectivity index (χ3n) is 6.98. The van der Waals surface area contributed by atoms with Crippen molar-refractivity contribution in [3.63, 3.8) is 0 Å². The van der Waals surface area contributed by atoms with Gasteiger partial charge in [0.15, 0.2) is 0 Å². The van der Waals surface area contributed by atoms with Crippen molar-refractivity contribution in [1.82, 2.24) is 0 Å². The smallest absolute Gasteiger partial charge is 0.0899 e. The lowest BCUT2D eigenvalue weighted by Gasteiger charge is -2.46. The van der Waals surface area contributed by atoms with E-state index in [1.165, 1.54) is 50.6 Å². The Balaban J connectivity index is 1.69. The van der Waals surface area contributed by atoms with Crippen molar-refractivity contribution in [2.24, 2.45) is 11.8 Å². The van der Waals surface area contributed by atoms with Crippen molar-refractivity contribution < 1.29 is 5.11 Å². The predicted molar refractivity (Wildman–Crippen MR) is 106 cm³/mol. The van der Waals surface area contributed by atoms with E-state index in [1.807, 2.05) is 0 Å². The van der Waals surface area contributed by atoms with Gasteiger partial charge in [-0.1, -0.05) is 100.0 Å². The maximum atomic E-state index is 10.1. The number of hydrogen-bond donors (Lipinski definition) is 1. The molecule has 0 spiro atoms. The van der Waals surface area contributed by atoms with Crippen LogP contribution in [0.3, 0.4) is 0 Å². The monoisotopic (exact) mass is 344 g/mol. The summed E-state index contributed by atoms with van der Waals surface area (Å²) in [6.07, 6.45) is 10.8. The van der Waals surface area contributed by atoms with Crippen molar-refractivity contribution >= 4 is 13.3 Å². The number of hydrogen-bond acceptors (Lipinski definition) is 1. The van der Waals surface area contributed by atoms with Gasteiger partial charge in [-0.3, -0.25) is 0 Å². The van der Waals surface area contributed by atoms with Gasteiger partial charge in [0.2, 0.25) is 0 Å². The second kappa shape index (κ2) is 8.18. The van der Waals surface area contributed by atoms with Crippen molar-refractivity contribution in [1.29, 1.82) is 0 Å². The average molecular weight is 345 g/mol. The van der Waals surface area contributed by atoms with Crippen molar-refractivity contribution in [3.8, 4) is 0 Å². The Hall–Kier alpha value is -0.603. The lowest BCUT2D eigenvalue weighted by atomic mass is 9.84. The zero-order chi connectivity index (χ0) is 17.0. The van der Waals surface area contributed by atoms with Gasteiger partial charge in [-0.25, -0.2) is 0 Å². The van der Waals surface area contributed by atoms with Gasteiger partial charge in [0.05, 0.1) is 14.2 Å². The van der Waals surface area contributed by atoms with Gasteiger partial charge in [0.25, 0.3) is 0 Å². The predicted octanol–water partition coefficient (Wildman–Crippen LogP) is 5.49. The minimum Gasteiger partial charge on any atom is -0.393 e. The molecule has 24 heavy (non-hydrogen) atoms. The molecule has 0 atom stereocenters. The van der Waals surface area contributed by atoms with Crippen LogP contribution in [0.15, 0.2) is 30.3 Å². The summed E-state index contributed by atoms with van der Waals surface area (Å²) in [5.41, 5.74) is 0.961. The van der Waals surface area contributed by atoms with Crippen LogP contribution in [0.4, 0.5) is 0 Å². The Morgan fingerprint density at radius 1 is 0.958 bits per heavy atom. The zero-order valence-corrected chi connectivity index (χ0v) is 16.7. The summed E-state index contributed by atoms with van der Waals surface area (Å²) in [5.74, 6) is 1.84. The van der Waals surface area contributed by atoms with Crippen LogP contribution < -0.4 is 5.19 Å². The highest BCUT2D eigenvalue weighted by Crippen LogP contribution is 2.47. The van der Waals surface area contributed by atoms with Crippen molar-refractivity contribution in [2.45, 2.75) is 88.9 Å². The molecule has 0 aromatic heterocycles. The first kappa shape index (κ1) is 18.2. The molecule has 2 heteroatoms. The Morgan fingerprint density at radius 3 is 2.17 bits per heavy atom. The molecule has 0 unspecified atom stereocenters. The summed E-state index contributed by atoms with van der Waals surface area (Å²) >= 11 is 0. The zero-order valence-electron chi connectivity index (χ0n) is 15.7. The Kier molecular flexibility index (Phi) is 6.20. The lowest BCUT2D eigenvalue weighted by molar-refractivity contribution is 0.159. The van der Waals surface area contributed by atoms with E-state index in [-0.39, 0.29) is 6.10 Å². The van der Waals surface area contributed by atoms with Gasteiger partial charge >= 0.3 is 0 Å². The van der Waals surface area contributed by atoms with Gasteiger partial charge in [0.1, 0.15) is 0 Å². The molecule has 134 valence electrons. The first-order valence-corrected chi connectivity index (χ1v) is 12.8. The molecule has 1 heterocycles. The van der Waals surface area contributed by atoms with Gasteiger partial charge in [-0.2, -0.15) is 0 Å². The molecule has 0 bridgehead atoms. The second-order valence-electron chi connectivity index (χ2n) is 8.94. The van der Waals surface area contributed by atoms with Crippen molar-refractivity contribution in [2.75, 3.05) is 0 Å². The molecule has 0 radical (unpaired) electrons. The Morgan fingerprint density at radius 2 is 1.58 bits per heavy atom. The molecule has 1 aromatic rings. The standard InChI is InChI=1S/C22H36OSi/c1-18(2)8-9-19-10-12-22(13-11-19)24(16-14-20(23)15-17-24)21-6-4-3-5-7-21/h3-7,18-20,22-23H,8-17H2,1-2H3. The van der Waals surface area contributed by atoms with Gasteiger partial charge < -0.3 is 5.11 Å². The first-order valence-electron chi connectivity index (χ1n) is 10.3. The summed E-state index contributed by atoms with van der Waals surface area (Å²) < 4.78 is 0. The highest BCUT2D eigenvalue weighted by atomic mass is 28.3. The average Bonchev–Trinajstić information content (AvgIpc) is 2.62. The molecule has 1 nitrogen and oxygen atoms in total. The largest absolute Gasteiger partial charge is 0.393 e. The third-order valence-corrected chi connectivity index (χ3v) is 13.0. The molecule has 2 fully saturated rings. The van der Waals surface area contributed by atoms with Gasteiger partial charge in [-0.05, 0) is 30.2 Å². The molecule has 1 saturated carbocycles. The van der Waals surface area contributed by atoms with E-state index in [9.17, 15) is 5.11 Å². The van der Waals surface area contributed by atoms with E-state index in [0.717, 1.165) is 30.2 Å². The van der Waals surface area contributed by atoms with E-state index in [4.69, 9.17) is 0 Å². The van der Waals surface area contributed by atoms with Crippen LogP contribution in [0, 0.1) is 11.8 Å². The molecular weight excluding hydrogens is 308 g/mol. The molecule has 0 amide bonds. The van der Waals surface area contributed by atoms with E-state index in [1.54, 1.807) is 5.19 Å². The van der Waals surface area contributed by atoms with E-state index in [0.29, 0.717) is 0 Å². The van der Waals surface area contributed by atoms with Crippen LogP contribution in [-0.4, -0.2) is 19.3 Å². The molecular formula is C22H36OSi. The highest BCUT2D eigenvalue weighted by molar-refractivity contribution is 6.93. The molecule has 3 rings (SSSR count). The highest BCUT2D eigenvalue weighted by Gasteiger charge is 2.45. The minimum atomic E-state index is -1.43. The van der Waals surface area contributed by atoms with Crippen LogP contribution >= 0.6 is 0 Å². The van der Waals surface area contributed by atoms with Crippen LogP contribution in [0.1, 0.15) is 65.2 Å². The lowest BCUT2D eigenvalue weighted by Crippen LogP contribution is -2.55. The third kappa shape index (κ3) is 4.14. The number of benzene rings is 1. The second-order valence-corrected chi connectivity index (χ2v) is 13.6. The molecule has 1 saturated heterocycles. The first-order chi connectivity index (χ1) is 11.6. The van der Waals surface area contributed by atoms with Crippen LogP contribution in [0.25, 0.3) is 0 Å². The fourth-order valence-electron chi connectivity index (χ4n) is 5.39. The number of aliphatic hydroxyl groups excluding tert-OH is 1. The maximum absolute atomic E-state index is 10.1. The van der Waals surface area contributed by atoms with E-state index >= 15 is 0 Å². The van der Waals surface area contributed by atoms with Crippen molar-refractivity contribution in [3.05, 3.63) is 30.3 Å². The maximum Gasteiger partial charge on any atom is 0.0899 e. The minimum absolute atomic E-state index is 0.0308. The SMILES string of the molecule is CC(C)CCC1CCC([Si]2(c3ccccc3)CCC(O)CC2)CC1. The van der Waals surface area contributed by atoms with Crippen LogP contribution in [0.2, 0.25) is 17.6 Å². The van der Waals surface area contributed by atoms with E-state index < -0.39 is 8.07 Å².